The Labute approximate surface area is 77.3 Å². The van der Waals surface area contributed by atoms with Gasteiger partial charge in [0, 0.05) is 11.9 Å². The summed E-state index contributed by atoms with van der Waals surface area (Å²) in [4.78, 5) is 4.42. The van der Waals surface area contributed by atoms with E-state index in [1.165, 1.54) is 5.57 Å². The first kappa shape index (κ1) is 9.42. The van der Waals surface area contributed by atoms with E-state index < -0.39 is 0 Å². The zero-order chi connectivity index (χ0) is 8.97. The standard InChI is InChI=1S/C9H14N2S/c1-7(2)4-9-11-8(5-10-3)6-12-9/h4,6,10H,5H2,1-3H3. The molecule has 1 heterocycles. The Balaban J connectivity index is 2.71. The number of nitrogens with zero attached hydrogens (tertiary/aromatic N) is 1. The second kappa shape index (κ2) is 4.38. The second-order valence-corrected chi connectivity index (χ2v) is 3.82. The molecule has 2 nitrogen and oxygen atoms in total. The predicted molar refractivity (Wildman–Crippen MR) is 54.2 cm³/mol. The average Bonchev–Trinajstić information content (AvgIpc) is 2.36. The van der Waals surface area contributed by atoms with Gasteiger partial charge in [0.25, 0.3) is 0 Å². The van der Waals surface area contributed by atoms with Crippen LogP contribution < -0.4 is 5.32 Å². The van der Waals surface area contributed by atoms with Gasteiger partial charge in [0.05, 0.1) is 5.69 Å². The maximum Gasteiger partial charge on any atom is 0.116 e. The van der Waals surface area contributed by atoms with Gasteiger partial charge in [-0.05, 0) is 27.0 Å². The molecule has 0 aliphatic carbocycles. The molecule has 0 fully saturated rings. The topological polar surface area (TPSA) is 24.9 Å². The Bertz CT molecular complexity index is 272. The van der Waals surface area contributed by atoms with E-state index in [9.17, 15) is 0 Å². The van der Waals surface area contributed by atoms with E-state index in [1.54, 1.807) is 11.3 Å². The number of nitrogens with one attached hydrogen (secondary N) is 1. The SMILES string of the molecule is CNCc1csc(C=C(C)C)n1. The minimum absolute atomic E-state index is 0.854. The van der Waals surface area contributed by atoms with Crippen LogP contribution in [0.2, 0.25) is 0 Å². The van der Waals surface area contributed by atoms with Gasteiger partial charge in [-0.3, -0.25) is 0 Å². The Morgan fingerprint density at radius 3 is 3.00 bits per heavy atom. The number of hydrogen-bond donors (Lipinski definition) is 1. The Morgan fingerprint density at radius 2 is 2.42 bits per heavy atom. The van der Waals surface area contributed by atoms with E-state index in [0.717, 1.165) is 17.2 Å². The molecule has 0 atom stereocenters. The molecule has 1 aromatic heterocycles. The maximum absolute atomic E-state index is 4.42. The van der Waals surface area contributed by atoms with Crippen molar-refractivity contribution in [2.75, 3.05) is 7.05 Å². The van der Waals surface area contributed by atoms with Gasteiger partial charge in [0.2, 0.25) is 0 Å². The van der Waals surface area contributed by atoms with Crippen LogP contribution in [0.1, 0.15) is 24.5 Å². The highest BCUT2D eigenvalue weighted by atomic mass is 32.1. The third kappa shape index (κ3) is 2.75. The molecule has 66 valence electrons. The molecule has 1 N–H and O–H groups in total. The van der Waals surface area contributed by atoms with Gasteiger partial charge >= 0.3 is 0 Å². The average molecular weight is 182 g/mol. The van der Waals surface area contributed by atoms with Crippen molar-refractivity contribution in [1.29, 1.82) is 0 Å². The molecular weight excluding hydrogens is 168 g/mol. The molecule has 0 amide bonds. The number of thiazole rings is 1. The van der Waals surface area contributed by atoms with E-state index in [-0.39, 0.29) is 0 Å². The van der Waals surface area contributed by atoms with Crippen LogP contribution in [0.3, 0.4) is 0 Å². The highest BCUT2D eigenvalue weighted by molar-refractivity contribution is 7.10. The van der Waals surface area contributed by atoms with E-state index in [0.29, 0.717) is 0 Å². The van der Waals surface area contributed by atoms with Gasteiger partial charge in [-0.25, -0.2) is 4.98 Å². The smallest absolute Gasteiger partial charge is 0.116 e. The summed E-state index contributed by atoms with van der Waals surface area (Å²) in [5.74, 6) is 0. The second-order valence-electron chi connectivity index (χ2n) is 2.93. The molecule has 3 heteroatoms. The molecule has 0 aliphatic heterocycles. The van der Waals surface area contributed by atoms with Crippen molar-refractivity contribution in [2.24, 2.45) is 0 Å². The van der Waals surface area contributed by atoms with Crippen LogP contribution >= 0.6 is 11.3 Å². The molecule has 0 aromatic carbocycles. The highest BCUT2D eigenvalue weighted by Crippen LogP contribution is 2.12. The van der Waals surface area contributed by atoms with Crippen molar-refractivity contribution >= 4 is 17.4 Å². The fourth-order valence-electron chi connectivity index (χ4n) is 0.898. The molecule has 0 spiro atoms. The zero-order valence-corrected chi connectivity index (χ0v) is 8.53. The summed E-state index contributed by atoms with van der Waals surface area (Å²) in [5.41, 5.74) is 2.41. The van der Waals surface area contributed by atoms with Gasteiger partial charge in [-0.1, -0.05) is 5.57 Å². The number of allylic oxidation sites excluding steroid dienone is 1. The van der Waals surface area contributed by atoms with Crippen LogP contribution in [0, 0.1) is 0 Å². The Hall–Kier alpha value is -0.670. The van der Waals surface area contributed by atoms with E-state index in [2.05, 4.69) is 35.6 Å². The lowest BCUT2D eigenvalue weighted by molar-refractivity contribution is 0.797. The summed E-state index contributed by atoms with van der Waals surface area (Å²) < 4.78 is 0. The fraction of sp³-hybridized carbons (Fsp3) is 0.444. The minimum Gasteiger partial charge on any atom is -0.314 e. The van der Waals surface area contributed by atoms with Gasteiger partial charge in [-0.15, -0.1) is 11.3 Å². The molecule has 0 saturated heterocycles. The lowest BCUT2D eigenvalue weighted by atomic mass is 10.3. The minimum atomic E-state index is 0.854. The van der Waals surface area contributed by atoms with Crippen LogP contribution in [0.4, 0.5) is 0 Å². The van der Waals surface area contributed by atoms with E-state index >= 15 is 0 Å². The molecule has 1 rings (SSSR count). The Morgan fingerprint density at radius 1 is 1.67 bits per heavy atom. The lowest BCUT2D eigenvalue weighted by Gasteiger charge is -1.90. The van der Waals surface area contributed by atoms with Crippen molar-refractivity contribution in [3.05, 3.63) is 21.7 Å². The monoisotopic (exact) mass is 182 g/mol. The van der Waals surface area contributed by atoms with Crippen LogP contribution in [0.15, 0.2) is 11.0 Å². The van der Waals surface area contributed by atoms with Crippen LogP contribution in [-0.2, 0) is 6.54 Å². The van der Waals surface area contributed by atoms with Crippen LogP contribution in [-0.4, -0.2) is 12.0 Å². The van der Waals surface area contributed by atoms with Crippen molar-refractivity contribution in [2.45, 2.75) is 20.4 Å². The third-order valence-corrected chi connectivity index (χ3v) is 2.18. The first-order valence-corrected chi connectivity index (χ1v) is 4.84. The Kier molecular flexibility index (Phi) is 3.44. The summed E-state index contributed by atoms with van der Waals surface area (Å²) in [7, 11) is 1.93. The number of rotatable bonds is 3. The number of aromatic nitrogens is 1. The molecule has 0 bridgehead atoms. The fourth-order valence-corrected chi connectivity index (χ4v) is 1.76. The molecular formula is C9H14N2S. The number of hydrogen-bond acceptors (Lipinski definition) is 3. The summed E-state index contributed by atoms with van der Waals surface area (Å²) in [6.45, 7) is 5.02. The predicted octanol–water partition coefficient (Wildman–Crippen LogP) is 2.29. The van der Waals surface area contributed by atoms with Crippen LogP contribution in [0.25, 0.3) is 6.08 Å². The zero-order valence-electron chi connectivity index (χ0n) is 7.72. The largest absolute Gasteiger partial charge is 0.314 e. The quantitative estimate of drug-likeness (QED) is 0.775. The first-order valence-electron chi connectivity index (χ1n) is 3.96. The van der Waals surface area contributed by atoms with Crippen molar-refractivity contribution < 1.29 is 0 Å². The van der Waals surface area contributed by atoms with E-state index in [4.69, 9.17) is 0 Å². The van der Waals surface area contributed by atoms with Gasteiger partial charge in [0.15, 0.2) is 0 Å². The van der Waals surface area contributed by atoms with Crippen molar-refractivity contribution in [1.82, 2.24) is 10.3 Å². The molecule has 0 aliphatic rings. The van der Waals surface area contributed by atoms with Gasteiger partial charge < -0.3 is 5.32 Å². The van der Waals surface area contributed by atoms with Gasteiger partial charge in [0.1, 0.15) is 5.01 Å². The van der Waals surface area contributed by atoms with Crippen molar-refractivity contribution in [3.63, 3.8) is 0 Å². The summed E-state index contributed by atoms with van der Waals surface area (Å²) in [5, 5.41) is 6.26. The normalized spacial score (nSPS) is 9.92. The molecule has 0 saturated carbocycles. The maximum atomic E-state index is 4.42. The van der Waals surface area contributed by atoms with Crippen LogP contribution in [0.5, 0.6) is 0 Å². The highest BCUT2D eigenvalue weighted by Gasteiger charge is 1.97. The first-order chi connectivity index (χ1) is 5.72. The van der Waals surface area contributed by atoms with Gasteiger partial charge in [-0.2, -0.15) is 0 Å². The summed E-state index contributed by atoms with van der Waals surface area (Å²) >= 11 is 1.69. The molecule has 1 aromatic rings. The third-order valence-electron chi connectivity index (χ3n) is 1.34. The molecule has 0 unspecified atom stereocenters. The summed E-state index contributed by atoms with van der Waals surface area (Å²) in [6.07, 6.45) is 2.10. The molecule has 12 heavy (non-hydrogen) atoms. The lowest BCUT2D eigenvalue weighted by Crippen LogP contribution is -2.04. The van der Waals surface area contributed by atoms with E-state index in [1.807, 2.05) is 7.05 Å². The summed E-state index contributed by atoms with van der Waals surface area (Å²) in [6, 6.07) is 0. The van der Waals surface area contributed by atoms with Crippen molar-refractivity contribution in [3.8, 4) is 0 Å². The molecule has 0 radical (unpaired) electrons.